The maximum absolute atomic E-state index is 13.1. The van der Waals surface area contributed by atoms with Crippen LogP contribution in [0.25, 0.3) is 10.8 Å². The number of nitrogens with one attached hydrogen (secondary N) is 1. The highest BCUT2D eigenvalue weighted by Gasteiger charge is 2.34. The van der Waals surface area contributed by atoms with Gasteiger partial charge in [0.25, 0.3) is 0 Å². The Hall–Kier alpha value is -4.54. The van der Waals surface area contributed by atoms with Crippen molar-refractivity contribution >= 4 is 40.4 Å². The van der Waals surface area contributed by atoms with E-state index in [0.717, 1.165) is 4.90 Å². The number of carboxylic acids is 1. The topological polar surface area (TPSA) is 137 Å². The number of carbonyl (C=O) groups excluding carboxylic acids is 2. The number of nitrogens with zero attached hydrogens (tertiary/aromatic N) is 2. The Balaban J connectivity index is 2.03. The third-order valence-electron chi connectivity index (χ3n) is 5.41. The molecule has 3 rings (SSSR count). The molecule has 0 aliphatic heterocycles. The van der Waals surface area contributed by atoms with E-state index in [0.29, 0.717) is 33.5 Å². The second-order valence-electron chi connectivity index (χ2n) is 10.9. The van der Waals surface area contributed by atoms with Crippen molar-refractivity contribution in [3.63, 3.8) is 0 Å². The molecule has 0 aliphatic carbocycles. The van der Waals surface area contributed by atoms with Crippen LogP contribution in [0.15, 0.2) is 48.7 Å². The van der Waals surface area contributed by atoms with Crippen molar-refractivity contribution in [1.82, 2.24) is 4.98 Å². The first-order chi connectivity index (χ1) is 18.6. The minimum absolute atomic E-state index is 0.0159. The van der Waals surface area contributed by atoms with Crippen molar-refractivity contribution in [3.05, 3.63) is 54.2 Å². The van der Waals surface area contributed by atoms with Crippen LogP contribution in [0.5, 0.6) is 11.5 Å². The Morgan fingerprint density at radius 2 is 1.45 bits per heavy atom. The molecule has 0 saturated carbocycles. The fraction of sp³-hybridized carbons (Fsp3) is 0.379. The highest BCUT2D eigenvalue weighted by molar-refractivity contribution is 6.14. The van der Waals surface area contributed by atoms with Crippen LogP contribution in [-0.4, -0.2) is 53.7 Å². The Kier molecular flexibility index (Phi) is 8.77. The molecule has 11 nitrogen and oxygen atoms in total. The van der Waals surface area contributed by atoms with E-state index in [1.165, 1.54) is 20.4 Å². The molecule has 1 atom stereocenters. The molecule has 0 fully saturated rings. The van der Waals surface area contributed by atoms with Crippen LogP contribution in [-0.2, 0) is 14.3 Å². The molecular weight excluding hydrogens is 518 g/mol. The smallest absolute Gasteiger partial charge is 0.425 e. The average Bonchev–Trinajstić information content (AvgIpc) is 2.84. The van der Waals surface area contributed by atoms with Gasteiger partial charge in [-0.25, -0.2) is 19.4 Å². The van der Waals surface area contributed by atoms with Gasteiger partial charge in [0.05, 0.1) is 14.2 Å². The van der Waals surface area contributed by atoms with Crippen molar-refractivity contribution in [2.75, 3.05) is 24.4 Å². The third-order valence-corrected chi connectivity index (χ3v) is 5.41. The summed E-state index contributed by atoms with van der Waals surface area (Å²) in [6.07, 6.45) is -0.446. The molecule has 2 amide bonds. The highest BCUT2D eigenvalue weighted by atomic mass is 16.6. The number of fused-ring (bicyclic) bond motifs is 1. The number of hydrogen-bond acceptors (Lipinski definition) is 9. The summed E-state index contributed by atoms with van der Waals surface area (Å²) in [5.74, 6) is -0.224. The van der Waals surface area contributed by atoms with Gasteiger partial charge < -0.3 is 29.4 Å². The van der Waals surface area contributed by atoms with Gasteiger partial charge in [-0.1, -0.05) is 6.07 Å². The normalized spacial score (nSPS) is 12.3. The van der Waals surface area contributed by atoms with Gasteiger partial charge in [-0.15, -0.1) is 0 Å². The lowest BCUT2D eigenvalue weighted by molar-refractivity contribution is -0.138. The first kappa shape index (κ1) is 30.0. The quantitative estimate of drug-likeness (QED) is 0.350. The zero-order chi connectivity index (χ0) is 29.8. The van der Waals surface area contributed by atoms with E-state index in [4.69, 9.17) is 18.9 Å². The van der Waals surface area contributed by atoms with Gasteiger partial charge in [0, 0.05) is 17.3 Å². The zero-order valence-electron chi connectivity index (χ0n) is 23.9. The van der Waals surface area contributed by atoms with Gasteiger partial charge in [-0.3, -0.25) is 0 Å². The van der Waals surface area contributed by atoms with Crippen LogP contribution < -0.4 is 19.7 Å². The molecule has 214 valence electrons. The lowest BCUT2D eigenvalue weighted by Crippen LogP contribution is -2.44. The largest absolute Gasteiger partial charge is 0.493 e. The Labute approximate surface area is 233 Å². The number of benzene rings is 2. The number of carbonyl (C=O) groups is 3. The number of rotatable bonds is 7. The predicted octanol–water partition coefficient (Wildman–Crippen LogP) is 6.17. The molecule has 0 saturated heterocycles. The summed E-state index contributed by atoms with van der Waals surface area (Å²) in [7, 11) is 2.97. The summed E-state index contributed by atoms with van der Waals surface area (Å²) >= 11 is 0. The monoisotopic (exact) mass is 553 g/mol. The minimum Gasteiger partial charge on any atom is -0.493 e. The van der Waals surface area contributed by atoms with E-state index in [-0.39, 0.29) is 5.82 Å². The Morgan fingerprint density at radius 3 is 1.98 bits per heavy atom. The van der Waals surface area contributed by atoms with Crippen molar-refractivity contribution in [2.24, 2.45) is 0 Å². The number of hydrogen-bond donors (Lipinski definition) is 2. The lowest BCUT2D eigenvalue weighted by atomic mass is 10.0. The summed E-state index contributed by atoms with van der Waals surface area (Å²) in [4.78, 5) is 43.5. The third kappa shape index (κ3) is 7.31. The average molecular weight is 554 g/mol. The van der Waals surface area contributed by atoms with Gasteiger partial charge in [0.2, 0.25) is 0 Å². The van der Waals surface area contributed by atoms with Gasteiger partial charge in [-0.2, -0.15) is 4.90 Å². The van der Waals surface area contributed by atoms with Crippen LogP contribution >= 0.6 is 0 Å². The van der Waals surface area contributed by atoms with E-state index < -0.39 is 35.4 Å². The van der Waals surface area contributed by atoms with E-state index in [1.54, 1.807) is 84.0 Å². The molecule has 3 aromatic rings. The second-order valence-corrected chi connectivity index (χ2v) is 10.9. The molecule has 0 aliphatic rings. The standard InChI is InChI=1S/C29H35N3O8/c1-28(2,3)39-26(35)32(27(36)40-29(4,5)6)24-20-11-10-19(15-17(20)13-14-30-24)31-23(25(33)34)18-9-12-21(37-7)22(16-18)38-8/h9-16,23,31H,1-8H3,(H,33,34). The zero-order valence-corrected chi connectivity index (χ0v) is 23.9. The number of imide groups is 1. The van der Waals surface area contributed by atoms with Crippen molar-refractivity contribution < 1.29 is 38.4 Å². The molecule has 0 bridgehead atoms. The molecule has 2 N–H and O–H groups in total. The number of pyridine rings is 1. The molecule has 0 spiro atoms. The summed E-state index contributed by atoms with van der Waals surface area (Å²) in [6.45, 7) is 10.1. The molecular formula is C29H35N3O8. The van der Waals surface area contributed by atoms with E-state index in [9.17, 15) is 19.5 Å². The Morgan fingerprint density at radius 1 is 0.850 bits per heavy atom. The molecule has 11 heteroatoms. The molecule has 2 aromatic carbocycles. The first-order valence-electron chi connectivity index (χ1n) is 12.5. The molecule has 1 aromatic heterocycles. The lowest BCUT2D eigenvalue weighted by Gasteiger charge is -2.28. The number of amides is 2. The molecule has 40 heavy (non-hydrogen) atoms. The van der Waals surface area contributed by atoms with Gasteiger partial charge in [0.1, 0.15) is 11.2 Å². The second kappa shape index (κ2) is 11.7. The van der Waals surface area contributed by atoms with Crippen LogP contribution in [0.4, 0.5) is 21.1 Å². The fourth-order valence-electron chi connectivity index (χ4n) is 3.78. The maximum Gasteiger partial charge on any atom is 0.425 e. The first-order valence-corrected chi connectivity index (χ1v) is 12.5. The summed E-state index contributed by atoms with van der Waals surface area (Å²) in [6, 6.07) is 10.4. The Bertz CT molecular complexity index is 1380. The molecule has 1 unspecified atom stereocenters. The number of aliphatic carboxylic acids is 1. The van der Waals surface area contributed by atoms with Crippen LogP contribution in [0.3, 0.4) is 0 Å². The maximum atomic E-state index is 13.1. The fourth-order valence-corrected chi connectivity index (χ4v) is 3.78. The van der Waals surface area contributed by atoms with Crippen molar-refractivity contribution in [2.45, 2.75) is 58.8 Å². The number of methoxy groups -OCH3 is 2. The summed E-state index contributed by atoms with van der Waals surface area (Å²) < 4.78 is 21.5. The van der Waals surface area contributed by atoms with Gasteiger partial charge in [-0.05, 0) is 88.9 Å². The van der Waals surface area contributed by atoms with Gasteiger partial charge in [0.15, 0.2) is 23.4 Å². The van der Waals surface area contributed by atoms with Crippen molar-refractivity contribution in [3.8, 4) is 11.5 Å². The van der Waals surface area contributed by atoms with Crippen LogP contribution in [0.1, 0.15) is 53.1 Å². The summed E-state index contributed by atoms with van der Waals surface area (Å²) in [5, 5.41) is 14.0. The summed E-state index contributed by atoms with van der Waals surface area (Å²) in [5.41, 5.74) is -0.834. The van der Waals surface area contributed by atoms with Crippen LogP contribution in [0.2, 0.25) is 0 Å². The van der Waals surface area contributed by atoms with Gasteiger partial charge >= 0.3 is 18.2 Å². The number of anilines is 2. The molecule has 0 radical (unpaired) electrons. The van der Waals surface area contributed by atoms with E-state index >= 15 is 0 Å². The van der Waals surface area contributed by atoms with E-state index in [2.05, 4.69) is 10.3 Å². The molecule has 1 heterocycles. The number of aromatic nitrogens is 1. The number of ether oxygens (including phenoxy) is 4. The van der Waals surface area contributed by atoms with Crippen molar-refractivity contribution in [1.29, 1.82) is 0 Å². The highest BCUT2D eigenvalue weighted by Crippen LogP contribution is 2.33. The van der Waals surface area contributed by atoms with E-state index in [1.807, 2.05) is 0 Å². The SMILES string of the molecule is COc1ccc(C(Nc2ccc3c(N(C(=O)OC(C)(C)C)C(=O)OC(C)(C)C)nccc3c2)C(=O)O)cc1OC. The van der Waals surface area contributed by atoms with Crippen LogP contribution in [0, 0.1) is 0 Å². The predicted molar refractivity (Wildman–Crippen MR) is 150 cm³/mol. The minimum atomic E-state index is -1.11. The number of carboxylic acid groups (broad SMARTS) is 1.